The third kappa shape index (κ3) is 6.61. The lowest BCUT2D eigenvalue weighted by atomic mass is 9.99. The number of nitrogens with zero attached hydrogens (tertiary/aromatic N) is 2. The topological polar surface area (TPSA) is 91.1 Å². The van der Waals surface area contributed by atoms with Crippen molar-refractivity contribution in [1.82, 2.24) is 5.16 Å². The molecule has 218 valence electrons. The molecular formula is C32H37BrN2O6. The average molecular weight is 626 g/mol. The maximum absolute atomic E-state index is 13.5. The first kappa shape index (κ1) is 29.2. The first-order valence-corrected chi connectivity index (χ1v) is 15.4. The fraction of sp³-hybridized carbons (Fsp3) is 0.469. The second-order valence-electron chi connectivity index (χ2n) is 10.7. The number of amides is 2. The molecule has 8 nitrogen and oxygen atoms in total. The van der Waals surface area contributed by atoms with Crippen LogP contribution in [0.5, 0.6) is 17.2 Å². The van der Waals surface area contributed by atoms with Crippen molar-refractivity contribution in [3.8, 4) is 39.6 Å². The van der Waals surface area contributed by atoms with E-state index >= 15 is 0 Å². The fourth-order valence-corrected chi connectivity index (χ4v) is 5.03. The highest BCUT2D eigenvalue weighted by Gasteiger charge is 2.45. The summed E-state index contributed by atoms with van der Waals surface area (Å²) >= 11 is 3.67. The van der Waals surface area contributed by atoms with Crippen LogP contribution in [0.4, 0.5) is 5.88 Å². The molecule has 2 aliphatic carbocycles. The Balaban J connectivity index is 1.66. The summed E-state index contributed by atoms with van der Waals surface area (Å²) < 4.78 is 24.4. The third-order valence-corrected chi connectivity index (χ3v) is 7.97. The number of unbranched alkanes of at least 4 members (excludes halogenated alkanes) is 2. The van der Waals surface area contributed by atoms with Gasteiger partial charge in [0.15, 0.2) is 0 Å². The first-order chi connectivity index (χ1) is 20.0. The van der Waals surface area contributed by atoms with Crippen molar-refractivity contribution in [1.29, 1.82) is 0 Å². The van der Waals surface area contributed by atoms with E-state index in [-0.39, 0.29) is 29.5 Å². The van der Waals surface area contributed by atoms with Crippen LogP contribution in [-0.2, 0) is 9.59 Å². The average Bonchev–Trinajstić information content (AvgIpc) is 3.92. The molecule has 0 N–H and O–H groups in total. The molecule has 0 spiro atoms. The Morgan fingerprint density at radius 1 is 0.927 bits per heavy atom. The Hall–Kier alpha value is -3.33. The van der Waals surface area contributed by atoms with Crippen molar-refractivity contribution >= 4 is 33.6 Å². The number of ether oxygens (including phenoxy) is 3. The summed E-state index contributed by atoms with van der Waals surface area (Å²) in [4.78, 5) is 28.3. The van der Waals surface area contributed by atoms with Crippen LogP contribution in [0.2, 0.25) is 0 Å². The van der Waals surface area contributed by atoms with Crippen molar-refractivity contribution in [2.45, 2.75) is 65.2 Å². The summed E-state index contributed by atoms with van der Waals surface area (Å²) in [7, 11) is 1.61. The Morgan fingerprint density at radius 3 is 2.05 bits per heavy atom. The van der Waals surface area contributed by atoms with Gasteiger partial charge in [0.05, 0.1) is 30.4 Å². The standard InChI is InChI=1S/C32H37BrN2O6/c1-4-6-16-39-26-19-27(40-17-7-5-2)25(33)18-24(26)29-28(20-12-14-23(38-3)15-13-20)32(41-34-29)35(30(36)21-8-9-21)31(37)22-10-11-22/h12-15,18-19,21-22H,4-11,16-17H2,1-3H3. The molecule has 2 amide bonds. The molecule has 3 aromatic rings. The summed E-state index contributed by atoms with van der Waals surface area (Å²) in [5.74, 6) is 1.33. The highest BCUT2D eigenvalue weighted by Crippen LogP contribution is 2.48. The van der Waals surface area contributed by atoms with E-state index < -0.39 is 0 Å². The quantitative estimate of drug-likeness (QED) is 0.133. The van der Waals surface area contributed by atoms with E-state index in [4.69, 9.17) is 18.7 Å². The Kier molecular flexibility index (Phi) is 9.32. The molecule has 2 aliphatic rings. The highest BCUT2D eigenvalue weighted by atomic mass is 79.9. The van der Waals surface area contributed by atoms with Crippen LogP contribution in [0, 0.1) is 11.8 Å². The summed E-state index contributed by atoms with van der Waals surface area (Å²) in [6.45, 7) is 5.35. The van der Waals surface area contributed by atoms with E-state index in [2.05, 4.69) is 34.9 Å². The van der Waals surface area contributed by atoms with Gasteiger partial charge in [0, 0.05) is 23.5 Å². The first-order valence-electron chi connectivity index (χ1n) is 14.6. The lowest BCUT2D eigenvalue weighted by Gasteiger charge is -2.19. The van der Waals surface area contributed by atoms with Crippen LogP contribution in [-0.4, -0.2) is 37.3 Å². The van der Waals surface area contributed by atoms with Crippen LogP contribution >= 0.6 is 15.9 Å². The Morgan fingerprint density at radius 2 is 1.51 bits per heavy atom. The summed E-state index contributed by atoms with van der Waals surface area (Å²) in [5.41, 5.74) is 2.46. The number of benzene rings is 2. The maximum atomic E-state index is 13.5. The molecule has 9 heteroatoms. The van der Waals surface area contributed by atoms with Gasteiger partial charge in [-0.05, 0) is 78.2 Å². The normalized spacial score (nSPS) is 14.5. The number of halogens is 1. The molecule has 0 bridgehead atoms. The van der Waals surface area contributed by atoms with E-state index in [0.29, 0.717) is 47.3 Å². The van der Waals surface area contributed by atoms with Crippen LogP contribution < -0.4 is 19.1 Å². The molecule has 1 heterocycles. The molecule has 0 unspecified atom stereocenters. The number of aromatic nitrogens is 1. The predicted octanol–water partition coefficient (Wildman–Crippen LogP) is 7.82. The fourth-order valence-electron chi connectivity index (χ4n) is 4.57. The van der Waals surface area contributed by atoms with Gasteiger partial charge < -0.3 is 18.7 Å². The SMILES string of the molecule is CCCCOc1cc(OCCCC)c(-c2noc(N(C(=O)C3CC3)C(=O)C3CC3)c2-c2ccc(OC)cc2)cc1Br. The van der Waals surface area contributed by atoms with Crippen molar-refractivity contribution in [3.05, 3.63) is 40.9 Å². The number of methoxy groups -OCH3 is 1. The van der Waals surface area contributed by atoms with E-state index in [0.717, 1.165) is 61.4 Å². The summed E-state index contributed by atoms with van der Waals surface area (Å²) in [6.07, 6.45) is 6.92. The molecule has 2 saturated carbocycles. The van der Waals surface area contributed by atoms with Gasteiger partial charge in [0.2, 0.25) is 17.7 Å². The number of anilines is 1. The van der Waals surface area contributed by atoms with E-state index in [1.54, 1.807) is 7.11 Å². The molecule has 1 aromatic heterocycles. The largest absolute Gasteiger partial charge is 0.497 e. The maximum Gasteiger partial charge on any atom is 0.249 e. The molecular weight excluding hydrogens is 588 g/mol. The van der Waals surface area contributed by atoms with Crippen LogP contribution in [0.3, 0.4) is 0 Å². The zero-order valence-electron chi connectivity index (χ0n) is 23.9. The number of carbonyl (C=O) groups is 2. The molecule has 41 heavy (non-hydrogen) atoms. The molecule has 0 atom stereocenters. The van der Waals surface area contributed by atoms with Crippen molar-refractivity contribution in [2.24, 2.45) is 11.8 Å². The third-order valence-electron chi connectivity index (χ3n) is 7.35. The minimum Gasteiger partial charge on any atom is -0.497 e. The van der Waals surface area contributed by atoms with Gasteiger partial charge in [-0.25, -0.2) is 4.90 Å². The number of hydrogen-bond donors (Lipinski definition) is 0. The van der Waals surface area contributed by atoms with Crippen LogP contribution in [0.15, 0.2) is 45.4 Å². The van der Waals surface area contributed by atoms with Gasteiger partial charge in [0.25, 0.3) is 0 Å². The van der Waals surface area contributed by atoms with Crippen molar-refractivity contribution < 1.29 is 28.3 Å². The molecule has 0 saturated heterocycles. The van der Waals surface area contributed by atoms with E-state index in [1.807, 2.05) is 36.4 Å². The Bertz CT molecular complexity index is 1350. The molecule has 2 aromatic carbocycles. The van der Waals surface area contributed by atoms with Gasteiger partial charge in [0.1, 0.15) is 22.9 Å². The number of carbonyl (C=O) groups excluding carboxylic acids is 2. The van der Waals surface area contributed by atoms with Gasteiger partial charge in [-0.1, -0.05) is 44.0 Å². The highest BCUT2D eigenvalue weighted by molar-refractivity contribution is 9.10. The zero-order chi connectivity index (χ0) is 28.9. The van der Waals surface area contributed by atoms with E-state index in [9.17, 15) is 9.59 Å². The summed E-state index contributed by atoms with van der Waals surface area (Å²) in [5, 5.41) is 4.49. The molecule has 5 rings (SSSR count). The van der Waals surface area contributed by atoms with Crippen molar-refractivity contribution in [2.75, 3.05) is 25.2 Å². The molecule has 0 aliphatic heterocycles. The second kappa shape index (κ2) is 13.1. The van der Waals surface area contributed by atoms with Crippen LogP contribution in [0.25, 0.3) is 22.4 Å². The van der Waals surface area contributed by atoms with Gasteiger partial charge in [-0.15, -0.1) is 0 Å². The minimum absolute atomic E-state index is 0.151. The predicted molar refractivity (Wildman–Crippen MR) is 160 cm³/mol. The van der Waals surface area contributed by atoms with Gasteiger partial charge >= 0.3 is 0 Å². The molecule has 0 radical (unpaired) electrons. The number of imide groups is 1. The smallest absolute Gasteiger partial charge is 0.249 e. The number of rotatable bonds is 14. The second-order valence-corrected chi connectivity index (χ2v) is 11.5. The zero-order valence-corrected chi connectivity index (χ0v) is 25.5. The lowest BCUT2D eigenvalue weighted by Crippen LogP contribution is -2.39. The van der Waals surface area contributed by atoms with E-state index in [1.165, 1.54) is 4.90 Å². The number of hydrogen-bond acceptors (Lipinski definition) is 7. The summed E-state index contributed by atoms with van der Waals surface area (Å²) in [6, 6.07) is 11.2. The van der Waals surface area contributed by atoms with Gasteiger partial charge in [-0.3, -0.25) is 9.59 Å². The lowest BCUT2D eigenvalue weighted by molar-refractivity contribution is -0.128. The van der Waals surface area contributed by atoms with Crippen LogP contribution in [0.1, 0.15) is 65.2 Å². The Labute approximate surface area is 249 Å². The van der Waals surface area contributed by atoms with Gasteiger partial charge in [-0.2, -0.15) is 0 Å². The minimum atomic E-state index is -0.223. The van der Waals surface area contributed by atoms with Crippen molar-refractivity contribution in [3.63, 3.8) is 0 Å². The monoisotopic (exact) mass is 624 g/mol. The molecule has 2 fully saturated rings.